The normalized spacial score (nSPS) is 11.4. The number of rotatable bonds is 3. The van der Waals surface area contributed by atoms with Crippen LogP contribution in [-0.4, -0.2) is 19.3 Å². The van der Waals surface area contributed by atoms with E-state index in [0.29, 0.717) is 10.8 Å². The minimum Gasteiger partial charge on any atom is -0.268 e. The smallest absolute Gasteiger partial charge is 0.268 e. The van der Waals surface area contributed by atoms with E-state index in [1.807, 2.05) is 0 Å². The number of benzene rings is 2. The Balaban J connectivity index is 2.04. The van der Waals surface area contributed by atoms with Gasteiger partial charge in [0.1, 0.15) is 17.2 Å². The molecule has 0 saturated heterocycles. The van der Waals surface area contributed by atoms with Crippen molar-refractivity contribution in [2.24, 2.45) is 0 Å². The minimum absolute atomic E-state index is 0.188. The molecule has 0 aliphatic rings. The number of amides is 1. The lowest BCUT2D eigenvalue weighted by Gasteiger charge is -2.10. The molecule has 0 spiro atoms. The fraction of sp³-hybridized carbons (Fsp3) is 0. The number of nitrogens with one attached hydrogen (secondary N) is 1. The molecule has 1 aromatic heterocycles. The molecule has 0 bridgehead atoms. The van der Waals surface area contributed by atoms with Gasteiger partial charge in [0.05, 0.1) is 4.90 Å². The van der Waals surface area contributed by atoms with Crippen molar-refractivity contribution in [2.75, 3.05) is 0 Å². The molecule has 8 heteroatoms. The molecule has 0 aliphatic carbocycles. The van der Waals surface area contributed by atoms with Gasteiger partial charge in [0.25, 0.3) is 15.9 Å². The molecule has 0 fully saturated rings. The molecule has 0 radical (unpaired) electrons. The maximum absolute atomic E-state index is 13.6. The molecule has 3 rings (SSSR count). The van der Waals surface area contributed by atoms with Gasteiger partial charge in [-0.1, -0.05) is 18.2 Å². The highest BCUT2D eigenvalue weighted by molar-refractivity contribution is 7.90. The quantitative estimate of drug-likeness (QED) is 0.789. The van der Waals surface area contributed by atoms with Crippen molar-refractivity contribution in [2.45, 2.75) is 4.90 Å². The number of carbonyl (C=O) groups excluding carboxylic acids is 1. The Kier molecular flexibility index (Phi) is 3.98. The topological polar surface area (TPSA) is 76.1 Å². The van der Waals surface area contributed by atoms with Gasteiger partial charge in [0.2, 0.25) is 0 Å². The first-order chi connectivity index (χ1) is 11.4. The Labute approximate surface area is 136 Å². The summed E-state index contributed by atoms with van der Waals surface area (Å²) in [5.74, 6) is -3.67. The van der Waals surface area contributed by atoms with E-state index in [1.54, 1.807) is 10.8 Å². The zero-order valence-corrected chi connectivity index (χ0v) is 12.8. The van der Waals surface area contributed by atoms with Crippen molar-refractivity contribution in [1.82, 2.24) is 9.71 Å². The Hall–Kier alpha value is -2.87. The second kappa shape index (κ2) is 5.97. The molecule has 122 valence electrons. The first kappa shape index (κ1) is 16.0. The second-order valence-electron chi connectivity index (χ2n) is 4.88. The molecule has 24 heavy (non-hydrogen) atoms. The van der Waals surface area contributed by atoms with Gasteiger partial charge >= 0.3 is 0 Å². The number of carbonyl (C=O) groups is 1. The van der Waals surface area contributed by atoms with Crippen molar-refractivity contribution in [3.8, 4) is 0 Å². The molecule has 1 heterocycles. The van der Waals surface area contributed by atoms with Gasteiger partial charge in [-0.05, 0) is 24.3 Å². The molecular weight excluding hydrogens is 338 g/mol. The zero-order chi connectivity index (χ0) is 17.3. The number of fused-ring (bicyclic) bond motifs is 1. The Morgan fingerprint density at radius 2 is 1.67 bits per heavy atom. The summed E-state index contributed by atoms with van der Waals surface area (Å²) in [6.07, 6.45) is 2.87. The predicted octanol–water partition coefficient (Wildman–Crippen LogP) is 2.63. The van der Waals surface area contributed by atoms with Gasteiger partial charge < -0.3 is 0 Å². The summed E-state index contributed by atoms with van der Waals surface area (Å²) in [7, 11) is -4.33. The van der Waals surface area contributed by atoms with Crippen LogP contribution in [0.4, 0.5) is 8.78 Å². The fourth-order valence-corrected chi connectivity index (χ4v) is 3.46. The largest absolute Gasteiger partial charge is 0.270 e. The van der Waals surface area contributed by atoms with E-state index >= 15 is 0 Å². The van der Waals surface area contributed by atoms with E-state index in [2.05, 4.69) is 4.98 Å². The highest BCUT2D eigenvalue weighted by Crippen LogP contribution is 2.22. The summed E-state index contributed by atoms with van der Waals surface area (Å²) >= 11 is 0. The monoisotopic (exact) mass is 348 g/mol. The van der Waals surface area contributed by atoms with Crippen molar-refractivity contribution in [3.05, 3.63) is 72.1 Å². The van der Waals surface area contributed by atoms with Crippen molar-refractivity contribution >= 4 is 26.7 Å². The van der Waals surface area contributed by atoms with E-state index in [-0.39, 0.29) is 4.90 Å². The van der Waals surface area contributed by atoms with Gasteiger partial charge in [0, 0.05) is 23.2 Å². The number of aromatic nitrogens is 1. The lowest BCUT2D eigenvalue weighted by Crippen LogP contribution is -2.32. The van der Waals surface area contributed by atoms with Gasteiger partial charge in [-0.2, -0.15) is 0 Å². The van der Waals surface area contributed by atoms with Gasteiger partial charge in [-0.15, -0.1) is 0 Å². The van der Waals surface area contributed by atoms with E-state index in [0.717, 1.165) is 18.2 Å². The third-order valence-electron chi connectivity index (χ3n) is 3.35. The molecular formula is C16H10F2N2O3S. The summed E-state index contributed by atoms with van der Waals surface area (Å²) in [5, 5.41) is 0.881. The van der Waals surface area contributed by atoms with Crippen molar-refractivity contribution in [1.29, 1.82) is 0 Å². The van der Waals surface area contributed by atoms with Gasteiger partial charge in [-0.3, -0.25) is 9.78 Å². The fourth-order valence-electron chi connectivity index (χ4n) is 2.27. The van der Waals surface area contributed by atoms with Crippen LogP contribution in [-0.2, 0) is 10.0 Å². The van der Waals surface area contributed by atoms with Crippen LogP contribution in [0.5, 0.6) is 0 Å². The molecule has 2 aromatic carbocycles. The standard InChI is InChI=1S/C16H10F2N2O3S/c17-12-4-2-5-13(18)15(12)16(21)20-24(22,23)14-6-1-3-10-9-19-8-7-11(10)14/h1-9H,(H,20,21). The highest BCUT2D eigenvalue weighted by Gasteiger charge is 2.24. The van der Waals surface area contributed by atoms with Crippen LogP contribution in [0.2, 0.25) is 0 Å². The average Bonchev–Trinajstić information content (AvgIpc) is 2.53. The molecule has 1 amide bonds. The van der Waals surface area contributed by atoms with Crippen LogP contribution in [0, 0.1) is 11.6 Å². The van der Waals surface area contributed by atoms with E-state index in [4.69, 9.17) is 0 Å². The lowest BCUT2D eigenvalue weighted by molar-refractivity contribution is 0.0973. The summed E-state index contributed by atoms with van der Waals surface area (Å²) in [6.45, 7) is 0. The third-order valence-corrected chi connectivity index (χ3v) is 4.74. The summed E-state index contributed by atoms with van der Waals surface area (Å²) in [4.78, 5) is 15.7. The highest BCUT2D eigenvalue weighted by atomic mass is 32.2. The molecule has 0 aliphatic heterocycles. The lowest BCUT2D eigenvalue weighted by atomic mass is 10.2. The van der Waals surface area contributed by atoms with E-state index in [9.17, 15) is 22.0 Å². The van der Waals surface area contributed by atoms with Gasteiger partial charge in [0.15, 0.2) is 0 Å². The number of halogens is 2. The Morgan fingerprint density at radius 3 is 2.38 bits per heavy atom. The summed E-state index contributed by atoms with van der Waals surface area (Å²) < 4.78 is 53.9. The molecule has 0 atom stereocenters. The Morgan fingerprint density at radius 1 is 1.00 bits per heavy atom. The maximum atomic E-state index is 13.6. The second-order valence-corrected chi connectivity index (χ2v) is 6.54. The molecule has 3 aromatic rings. The predicted molar refractivity (Wildman–Crippen MR) is 82.8 cm³/mol. The number of pyridine rings is 1. The summed E-state index contributed by atoms with van der Waals surface area (Å²) in [6, 6.07) is 8.70. The zero-order valence-electron chi connectivity index (χ0n) is 12.0. The molecule has 5 nitrogen and oxygen atoms in total. The molecule has 1 N–H and O–H groups in total. The average molecular weight is 348 g/mol. The minimum atomic E-state index is -4.33. The first-order valence-corrected chi connectivity index (χ1v) is 8.22. The van der Waals surface area contributed by atoms with Gasteiger partial charge in [-0.25, -0.2) is 21.9 Å². The first-order valence-electron chi connectivity index (χ1n) is 6.74. The number of hydrogen-bond acceptors (Lipinski definition) is 4. The SMILES string of the molecule is O=C(NS(=O)(=O)c1cccc2cnccc12)c1c(F)cccc1F. The number of nitrogens with zero attached hydrogens (tertiary/aromatic N) is 1. The molecule has 0 saturated carbocycles. The van der Waals surface area contributed by atoms with E-state index in [1.165, 1.54) is 30.6 Å². The van der Waals surface area contributed by atoms with Crippen molar-refractivity contribution in [3.63, 3.8) is 0 Å². The Bertz CT molecular complexity index is 1030. The van der Waals surface area contributed by atoms with Crippen LogP contribution in [0.1, 0.15) is 10.4 Å². The molecule has 0 unspecified atom stereocenters. The third kappa shape index (κ3) is 2.83. The summed E-state index contributed by atoms with van der Waals surface area (Å²) in [5.41, 5.74) is -0.956. The van der Waals surface area contributed by atoms with Crippen LogP contribution < -0.4 is 4.72 Å². The maximum Gasteiger partial charge on any atom is 0.270 e. The number of hydrogen-bond donors (Lipinski definition) is 1. The number of sulfonamides is 1. The van der Waals surface area contributed by atoms with Crippen LogP contribution in [0.25, 0.3) is 10.8 Å². The van der Waals surface area contributed by atoms with Crippen LogP contribution in [0.15, 0.2) is 59.8 Å². The van der Waals surface area contributed by atoms with Crippen LogP contribution >= 0.6 is 0 Å². The van der Waals surface area contributed by atoms with Crippen LogP contribution in [0.3, 0.4) is 0 Å². The van der Waals surface area contributed by atoms with Crippen molar-refractivity contribution < 1.29 is 22.0 Å². The van der Waals surface area contributed by atoms with E-state index < -0.39 is 33.1 Å².